The second-order valence-corrected chi connectivity index (χ2v) is 4.52. The number of alkyl halides is 3. The van der Waals surface area contributed by atoms with Gasteiger partial charge in [-0.25, -0.2) is 0 Å². The zero-order valence-corrected chi connectivity index (χ0v) is 10.7. The predicted octanol–water partition coefficient (Wildman–Crippen LogP) is 2.47. The van der Waals surface area contributed by atoms with Gasteiger partial charge in [0, 0.05) is 6.54 Å². The van der Waals surface area contributed by atoms with Gasteiger partial charge in [0.25, 0.3) is 0 Å². The number of hydrogen-bond acceptors (Lipinski definition) is 4. The van der Waals surface area contributed by atoms with Crippen molar-refractivity contribution in [2.75, 3.05) is 13.2 Å². The zero-order valence-electron chi connectivity index (χ0n) is 10.7. The molecule has 0 radical (unpaired) electrons. The number of benzene rings is 1. The zero-order chi connectivity index (χ0) is 14.6. The molecule has 4 nitrogen and oxygen atoms in total. The SMILES string of the molecule is NCC1CCC(COc2ccc(OC(F)(F)F)cc2)O1. The van der Waals surface area contributed by atoms with Crippen molar-refractivity contribution in [3.05, 3.63) is 24.3 Å². The van der Waals surface area contributed by atoms with Crippen LogP contribution in [0.5, 0.6) is 11.5 Å². The second-order valence-electron chi connectivity index (χ2n) is 4.52. The van der Waals surface area contributed by atoms with Crippen molar-refractivity contribution in [2.24, 2.45) is 5.73 Å². The summed E-state index contributed by atoms with van der Waals surface area (Å²) in [6.45, 7) is 0.843. The fraction of sp³-hybridized carbons (Fsp3) is 0.538. The Bertz CT molecular complexity index is 422. The first kappa shape index (κ1) is 14.9. The third kappa shape index (κ3) is 4.57. The number of hydrogen-bond donors (Lipinski definition) is 1. The first-order valence-electron chi connectivity index (χ1n) is 6.30. The van der Waals surface area contributed by atoms with Crippen molar-refractivity contribution in [1.82, 2.24) is 0 Å². The molecule has 1 saturated heterocycles. The van der Waals surface area contributed by atoms with Crippen LogP contribution in [0.3, 0.4) is 0 Å². The first-order chi connectivity index (χ1) is 9.46. The molecule has 0 aromatic heterocycles. The molecule has 1 aliphatic heterocycles. The Morgan fingerprint density at radius 3 is 2.25 bits per heavy atom. The normalized spacial score (nSPS) is 22.8. The lowest BCUT2D eigenvalue weighted by atomic mass is 10.2. The van der Waals surface area contributed by atoms with Crippen molar-refractivity contribution >= 4 is 0 Å². The maximum absolute atomic E-state index is 12.0. The van der Waals surface area contributed by atoms with Crippen LogP contribution in [-0.4, -0.2) is 31.7 Å². The van der Waals surface area contributed by atoms with Gasteiger partial charge in [0.2, 0.25) is 0 Å². The molecule has 112 valence electrons. The molecule has 1 aromatic carbocycles. The Labute approximate surface area is 114 Å². The third-order valence-corrected chi connectivity index (χ3v) is 2.95. The average molecular weight is 291 g/mol. The van der Waals surface area contributed by atoms with Crippen LogP contribution in [0.25, 0.3) is 0 Å². The molecule has 0 spiro atoms. The summed E-state index contributed by atoms with van der Waals surface area (Å²) >= 11 is 0. The van der Waals surface area contributed by atoms with Gasteiger partial charge in [-0.05, 0) is 37.1 Å². The lowest BCUT2D eigenvalue weighted by molar-refractivity contribution is -0.274. The summed E-state index contributed by atoms with van der Waals surface area (Å²) in [6.07, 6.45) is -2.85. The van der Waals surface area contributed by atoms with E-state index < -0.39 is 6.36 Å². The Morgan fingerprint density at radius 1 is 1.10 bits per heavy atom. The number of nitrogens with two attached hydrogens (primary N) is 1. The molecule has 2 N–H and O–H groups in total. The molecular formula is C13H16F3NO3. The summed E-state index contributed by atoms with van der Waals surface area (Å²) in [6, 6.07) is 5.27. The summed E-state index contributed by atoms with van der Waals surface area (Å²) < 4.78 is 50.8. The van der Waals surface area contributed by atoms with Crippen LogP contribution in [0, 0.1) is 0 Å². The van der Waals surface area contributed by atoms with Gasteiger partial charge in [-0.2, -0.15) is 0 Å². The van der Waals surface area contributed by atoms with Crippen LogP contribution < -0.4 is 15.2 Å². The van der Waals surface area contributed by atoms with Crippen LogP contribution in [-0.2, 0) is 4.74 Å². The van der Waals surface area contributed by atoms with E-state index in [0.29, 0.717) is 18.9 Å². The van der Waals surface area contributed by atoms with Crippen LogP contribution in [0.15, 0.2) is 24.3 Å². The first-order valence-corrected chi connectivity index (χ1v) is 6.30. The second kappa shape index (κ2) is 6.32. The highest BCUT2D eigenvalue weighted by Gasteiger charge is 2.31. The minimum atomic E-state index is -4.68. The van der Waals surface area contributed by atoms with E-state index in [1.165, 1.54) is 24.3 Å². The van der Waals surface area contributed by atoms with Gasteiger partial charge in [-0.3, -0.25) is 0 Å². The summed E-state index contributed by atoms with van der Waals surface area (Å²) in [5.41, 5.74) is 5.50. The van der Waals surface area contributed by atoms with Gasteiger partial charge in [-0.1, -0.05) is 0 Å². The monoisotopic (exact) mass is 291 g/mol. The Hall–Kier alpha value is -1.47. The topological polar surface area (TPSA) is 53.7 Å². The van der Waals surface area contributed by atoms with Gasteiger partial charge < -0.3 is 19.9 Å². The number of halogens is 3. The highest BCUT2D eigenvalue weighted by molar-refractivity contribution is 5.31. The Morgan fingerprint density at radius 2 is 1.70 bits per heavy atom. The molecule has 1 aromatic rings. The van der Waals surface area contributed by atoms with Crippen LogP contribution in [0.4, 0.5) is 13.2 Å². The molecule has 1 fully saturated rings. The van der Waals surface area contributed by atoms with E-state index in [4.69, 9.17) is 15.2 Å². The van der Waals surface area contributed by atoms with Crippen LogP contribution in [0.2, 0.25) is 0 Å². The fourth-order valence-corrected chi connectivity index (χ4v) is 2.00. The van der Waals surface area contributed by atoms with Crippen LogP contribution >= 0.6 is 0 Å². The molecule has 2 rings (SSSR count). The highest BCUT2D eigenvalue weighted by Crippen LogP contribution is 2.25. The molecular weight excluding hydrogens is 275 g/mol. The molecule has 0 amide bonds. The molecule has 1 heterocycles. The summed E-state index contributed by atoms with van der Waals surface area (Å²) in [5, 5.41) is 0. The molecule has 20 heavy (non-hydrogen) atoms. The van der Waals surface area contributed by atoms with Crippen molar-refractivity contribution in [1.29, 1.82) is 0 Å². The fourth-order valence-electron chi connectivity index (χ4n) is 2.00. The lowest BCUT2D eigenvalue weighted by Gasteiger charge is -2.14. The van der Waals surface area contributed by atoms with Crippen molar-refractivity contribution < 1.29 is 27.4 Å². The van der Waals surface area contributed by atoms with E-state index in [1.54, 1.807) is 0 Å². The molecule has 1 aliphatic rings. The number of rotatable bonds is 5. The van der Waals surface area contributed by atoms with Gasteiger partial charge >= 0.3 is 6.36 Å². The Balaban J connectivity index is 1.79. The molecule has 2 unspecified atom stereocenters. The van der Waals surface area contributed by atoms with Gasteiger partial charge in [0.1, 0.15) is 18.1 Å². The molecule has 7 heteroatoms. The quantitative estimate of drug-likeness (QED) is 0.905. The smallest absolute Gasteiger partial charge is 0.491 e. The van der Waals surface area contributed by atoms with E-state index in [0.717, 1.165) is 12.8 Å². The lowest BCUT2D eigenvalue weighted by Crippen LogP contribution is -2.23. The maximum Gasteiger partial charge on any atom is 0.573 e. The minimum absolute atomic E-state index is 0.0188. The predicted molar refractivity (Wildman–Crippen MR) is 65.6 cm³/mol. The molecule has 0 saturated carbocycles. The van der Waals surface area contributed by atoms with E-state index >= 15 is 0 Å². The third-order valence-electron chi connectivity index (χ3n) is 2.95. The maximum atomic E-state index is 12.0. The van der Waals surface area contributed by atoms with E-state index in [2.05, 4.69) is 4.74 Å². The summed E-state index contributed by atoms with van der Waals surface area (Å²) in [7, 11) is 0. The van der Waals surface area contributed by atoms with E-state index in [9.17, 15) is 13.2 Å². The molecule has 0 aliphatic carbocycles. The Kier molecular flexibility index (Phi) is 4.72. The average Bonchev–Trinajstić information content (AvgIpc) is 2.84. The summed E-state index contributed by atoms with van der Waals surface area (Å²) in [5.74, 6) is 0.199. The van der Waals surface area contributed by atoms with E-state index in [-0.39, 0.29) is 18.0 Å². The number of ether oxygens (including phenoxy) is 3. The molecule has 2 atom stereocenters. The van der Waals surface area contributed by atoms with Crippen molar-refractivity contribution in [2.45, 2.75) is 31.4 Å². The van der Waals surface area contributed by atoms with E-state index in [1.807, 2.05) is 0 Å². The largest absolute Gasteiger partial charge is 0.573 e. The van der Waals surface area contributed by atoms with Gasteiger partial charge in [0.05, 0.1) is 12.2 Å². The van der Waals surface area contributed by atoms with Crippen molar-refractivity contribution in [3.63, 3.8) is 0 Å². The molecule has 0 bridgehead atoms. The van der Waals surface area contributed by atoms with Crippen LogP contribution in [0.1, 0.15) is 12.8 Å². The van der Waals surface area contributed by atoms with Gasteiger partial charge in [0.15, 0.2) is 0 Å². The van der Waals surface area contributed by atoms with Gasteiger partial charge in [-0.15, -0.1) is 13.2 Å². The highest BCUT2D eigenvalue weighted by atomic mass is 19.4. The minimum Gasteiger partial charge on any atom is -0.491 e. The standard InChI is InChI=1S/C13H16F3NO3/c14-13(15,16)20-10-3-1-9(2-4-10)18-8-12-6-5-11(7-17)19-12/h1-4,11-12H,5-8,17H2. The summed E-state index contributed by atoms with van der Waals surface area (Å²) in [4.78, 5) is 0. The van der Waals surface area contributed by atoms with Crippen molar-refractivity contribution in [3.8, 4) is 11.5 Å².